The monoisotopic (exact) mass is 400 g/mol. The van der Waals surface area contributed by atoms with E-state index in [1.807, 2.05) is 19.9 Å². The molecule has 1 unspecified atom stereocenters. The second-order valence-electron chi connectivity index (χ2n) is 6.85. The summed E-state index contributed by atoms with van der Waals surface area (Å²) in [6, 6.07) is 7.55. The molecule has 3 N–H and O–H groups in total. The van der Waals surface area contributed by atoms with Crippen LogP contribution in [0.5, 0.6) is 0 Å². The van der Waals surface area contributed by atoms with Crippen molar-refractivity contribution in [1.82, 2.24) is 15.3 Å². The van der Waals surface area contributed by atoms with Crippen LogP contribution in [0.2, 0.25) is 0 Å². The summed E-state index contributed by atoms with van der Waals surface area (Å²) in [7, 11) is 0. The molecule has 1 aromatic heterocycles. The van der Waals surface area contributed by atoms with Gasteiger partial charge < -0.3 is 20.9 Å². The van der Waals surface area contributed by atoms with Crippen molar-refractivity contribution in [2.24, 2.45) is 5.92 Å². The van der Waals surface area contributed by atoms with Crippen molar-refractivity contribution in [2.75, 3.05) is 41.7 Å². The summed E-state index contributed by atoms with van der Waals surface area (Å²) in [4.78, 5) is 34.8. The lowest BCUT2D eigenvalue weighted by Crippen LogP contribution is -2.35. The average Bonchev–Trinajstić information content (AvgIpc) is 3.07. The van der Waals surface area contributed by atoms with Gasteiger partial charge in [0.15, 0.2) is 0 Å². The molecule has 154 valence electrons. The topological polar surface area (TPSA) is 99.2 Å². The molecule has 0 saturated carbocycles. The van der Waals surface area contributed by atoms with E-state index in [1.54, 1.807) is 12.1 Å². The molecule has 8 nitrogen and oxygen atoms in total. The number of aromatic nitrogens is 2. The van der Waals surface area contributed by atoms with Crippen LogP contribution in [0, 0.1) is 18.7 Å². The fourth-order valence-electron chi connectivity index (χ4n) is 3.18. The van der Waals surface area contributed by atoms with E-state index in [9.17, 15) is 14.0 Å². The Balaban J connectivity index is 1.46. The van der Waals surface area contributed by atoms with Crippen LogP contribution in [-0.2, 0) is 9.59 Å². The van der Waals surface area contributed by atoms with Gasteiger partial charge in [-0.3, -0.25) is 9.59 Å². The van der Waals surface area contributed by atoms with Gasteiger partial charge in [0.25, 0.3) is 0 Å². The molecule has 1 fully saturated rings. The minimum atomic E-state index is -0.428. The van der Waals surface area contributed by atoms with Crippen molar-refractivity contribution in [3.63, 3.8) is 0 Å². The Hall–Kier alpha value is -3.23. The maximum absolute atomic E-state index is 13.1. The van der Waals surface area contributed by atoms with E-state index in [0.717, 1.165) is 18.1 Å². The molecular formula is C20H25FN6O2. The third kappa shape index (κ3) is 5.40. The summed E-state index contributed by atoms with van der Waals surface area (Å²) in [5, 5.41) is 9.07. The van der Waals surface area contributed by atoms with E-state index >= 15 is 0 Å². The molecule has 2 amide bonds. The molecular weight excluding hydrogens is 375 g/mol. The van der Waals surface area contributed by atoms with Gasteiger partial charge in [-0.2, -0.15) is 4.98 Å². The van der Waals surface area contributed by atoms with E-state index in [2.05, 4.69) is 25.9 Å². The molecule has 0 radical (unpaired) electrons. The number of nitrogens with zero attached hydrogens (tertiary/aromatic N) is 3. The Kier molecular flexibility index (Phi) is 6.58. The third-order valence-electron chi connectivity index (χ3n) is 4.55. The fraction of sp³-hybridized carbons (Fsp3) is 0.400. The van der Waals surface area contributed by atoms with Crippen LogP contribution in [0.25, 0.3) is 0 Å². The molecule has 9 heteroatoms. The predicted octanol–water partition coefficient (Wildman–Crippen LogP) is 1.94. The van der Waals surface area contributed by atoms with Crippen molar-refractivity contribution in [1.29, 1.82) is 0 Å². The average molecular weight is 400 g/mol. The van der Waals surface area contributed by atoms with Crippen LogP contribution in [0.3, 0.4) is 0 Å². The zero-order chi connectivity index (χ0) is 20.8. The predicted molar refractivity (Wildman–Crippen MR) is 109 cm³/mol. The molecule has 0 aliphatic carbocycles. The molecule has 1 saturated heterocycles. The van der Waals surface area contributed by atoms with E-state index in [-0.39, 0.29) is 30.6 Å². The minimum Gasteiger partial charge on any atom is -0.370 e. The number of benzene rings is 1. The van der Waals surface area contributed by atoms with Crippen LogP contribution in [-0.4, -0.2) is 48.0 Å². The molecule has 2 aromatic rings. The van der Waals surface area contributed by atoms with Crippen molar-refractivity contribution in [3.05, 3.63) is 41.8 Å². The van der Waals surface area contributed by atoms with Gasteiger partial charge in [0.2, 0.25) is 17.8 Å². The minimum absolute atomic E-state index is 0.140. The van der Waals surface area contributed by atoms with Gasteiger partial charge in [-0.25, -0.2) is 9.37 Å². The van der Waals surface area contributed by atoms with Gasteiger partial charge in [-0.1, -0.05) is 0 Å². The van der Waals surface area contributed by atoms with Crippen LogP contribution < -0.4 is 20.9 Å². The normalized spacial score (nSPS) is 16.0. The lowest BCUT2D eigenvalue weighted by molar-refractivity contribution is -0.126. The Bertz CT molecular complexity index is 874. The van der Waals surface area contributed by atoms with Crippen LogP contribution in [0.4, 0.5) is 21.8 Å². The number of aryl methyl sites for hydroxylation is 1. The molecule has 1 aliphatic heterocycles. The number of hydrogen-bond donors (Lipinski definition) is 3. The fourth-order valence-corrected chi connectivity index (χ4v) is 3.18. The van der Waals surface area contributed by atoms with Gasteiger partial charge in [0.1, 0.15) is 11.6 Å². The highest BCUT2D eigenvalue weighted by Gasteiger charge is 2.34. The number of carbonyl (C=O) groups is 2. The Morgan fingerprint density at radius 1 is 1.21 bits per heavy atom. The van der Waals surface area contributed by atoms with Crippen molar-refractivity contribution in [2.45, 2.75) is 20.3 Å². The highest BCUT2D eigenvalue weighted by Crippen LogP contribution is 2.25. The van der Waals surface area contributed by atoms with E-state index < -0.39 is 5.92 Å². The smallest absolute Gasteiger partial charge is 0.227 e. The van der Waals surface area contributed by atoms with Crippen LogP contribution in [0.15, 0.2) is 30.3 Å². The molecule has 3 rings (SSSR count). The van der Waals surface area contributed by atoms with Crippen molar-refractivity contribution >= 4 is 29.3 Å². The summed E-state index contributed by atoms with van der Waals surface area (Å²) in [5.41, 5.74) is 1.44. The molecule has 2 heterocycles. The molecule has 1 atom stereocenters. The van der Waals surface area contributed by atoms with E-state index in [0.29, 0.717) is 24.7 Å². The largest absolute Gasteiger partial charge is 0.370 e. The van der Waals surface area contributed by atoms with Gasteiger partial charge in [-0.15, -0.1) is 0 Å². The van der Waals surface area contributed by atoms with Crippen LogP contribution in [0.1, 0.15) is 19.0 Å². The van der Waals surface area contributed by atoms with E-state index in [1.165, 1.54) is 17.0 Å². The van der Waals surface area contributed by atoms with E-state index in [4.69, 9.17) is 0 Å². The first-order valence-electron chi connectivity index (χ1n) is 9.63. The maximum atomic E-state index is 13.1. The zero-order valence-electron chi connectivity index (χ0n) is 16.5. The molecule has 0 spiro atoms. The number of carbonyl (C=O) groups excluding carboxylic acids is 2. The molecule has 29 heavy (non-hydrogen) atoms. The number of nitrogens with one attached hydrogen (secondary N) is 3. The number of hydrogen-bond acceptors (Lipinski definition) is 6. The van der Waals surface area contributed by atoms with Gasteiger partial charge in [0, 0.05) is 50.0 Å². The first-order chi connectivity index (χ1) is 14.0. The zero-order valence-corrected chi connectivity index (χ0v) is 16.5. The number of anilines is 3. The molecule has 1 aliphatic rings. The standard InChI is InChI=1S/C20H25FN6O2/c1-3-22-17-10-13(2)25-20(26-17)24-9-8-23-19(29)14-11-18(28)27(12-14)16-6-4-15(21)5-7-16/h4-7,10,14H,3,8-9,11-12H2,1-2H3,(H,23,29)(H2,22,24,25,26). The van der Waals surface area contributed by atoms with Crippen molar-refractivity contribution in [3.8, 4) is 0 Å². The molecule has 1 aromatic carbocycles. The second-order valence-corrected chi connectivity index (χ2v) is 6.85. The lowest BCUT2D eigenvalue weighted by atomic mass is 10.1. The summed E-state index contributed by atoms with van der Waals surface area (Å²) >= 11 is 0. The first-order valence-corrected chi connectivity index (χ1v) is 9.63. The van der Waals surface area contributed by atoms with Crippen molar-refractivity contribution < 1.29 is 14.0 Å². The summed E-state index contributed by atoms with van der Waals surface area (Å²) in [5.74, 6) is 0.133. The highest BCUT2D eigenvalue weighted by atomic mass is 19.1. The van der Waals surface area contributed by atoms with Crippen LogP contribution >= 0.6 is 0 Å². The summed E-state index contributed by atoms with van der Waals surface area (Å²) in [6.45, 7) is 5.78. The number of halogens is 1. The Morgan fingerprint density at radius 3 is 2.69 bits per heavy atom. The summed E-state index contributed by atoms with van der Waals surface area (Å²) < 4.78 is 13.1. The first kappa shape index (κ1) is 20.5. The quantitative estimate of drug-likeness (QED) is 0.586. The Labute approximate surface area is 168 Å². The van der Waals surface area contributed by atoms with Gasteiger partial charge >= 0.3 is 0 Å². The number of rotatable bonds is 8. The SMILES string of the molecule is CCNc1cc(C)nc(NCCNC(=O)C2CC(=O)N(c3ccc(F)cc3)C2)n1. The second kappa shape index (κ2) is 9.31. The lowest BCUT2D eigenvalue weighted by Gasteiger charge is -2.16. The van der Waals surface area contributed by atoms with Gasteiger partial charge in [0.05, 0.1) is 5.92 Å². The third-order valence-corrected chi connectivity index (χ3v) is 4.55. The maximum Gasteiger partial charge on any atom is 0.227 e. The Morgan fingerprint density at radius 2 is 1.97 bits per heavy atom. The van der Waals surface area contributed by atoms with Gasteiger partial charge in [-0.05, 0) is 38.1 Å². The highest BCUT2D eigenvalue weighted by molar-refractivity contribution is 6.00. The summed E-state index contributed by atoms with van der Waals surface area (Å²) in [6.07, 6.45) is 0.143. The number of amides is 2. The molecule has 0 bridgehead atoms.